The summed E-state index contributed by atoms with van der Waals surface area (Å²) in [5.41, 5.74) is 0. The van der Waals surface area contributed by atoms with Crippen molar-refractivity contribution >= 4 is 39.2 Å². The highest BCUT2D eigenvalue weighted by Gasteiger charge is 2.16. The number of halogens is 1. The Labute approximate surface area is 73.8 Å². The van der Waals surface area contributed by atoms with E-state index in [1.54, 1.807) is 0 Å². The van der Waals surface area contributed by atoms with Gasteiger partial charge in [-0.15, -0.1) is 0 Å². The van der Waals surface area contributed by atoms with E-state index in [0.717, 1.165) is 0 Å². The molecule has 0 rings (SSSR count). The van der Waals surface area contributed by atoms with Gasteiger partial charge in [0.25, 0.3) is 5.91 Å². The molecule has 0 aromatic heterocycles. The molecular formula is C6H8BrNOS. The van der Waals surface area contributed by atoms with Gasteiger partial charge in [0.2, 0.25) is 0 Å². The number of nitrogens with zero attached hydrogens (tertiary/aromatic N) is 1. The zero-order valence-electron chi connectivity index (χ0n) is 5.80. The lowest BCUT2D eigenvalue weighted by molar-refractivity contribution is -0.117. The van der Waals surface area contributed by atoms with Crippen molar-refractivity contribution in [3.8, 4) is 0 Å². The molecule has 0 N–H and O–H groups in total. The maximum absolute atomic E-state index is 10.8. The van der Waals surface area contributed by atoms with Crippen molar-refractivity contribution in [1.29, 1.82) is 0 Å². The summed E-state index contributed by atoms with van der Waals surface area (Å²) < 4.78 is 0. The molecule has 1 amide bonds. The smallest absolute Gasteiger partial charge is 0.268 e. The predicted octanol–water partition coefficient (Wildman–Crippen LogP) is 2.04. The highest BCUT2D eigenvalue weighted by molar-refractivity contribution is 9.10. The molecule has 0 aliphatic carbocycles. The van der Waals surface area contributed by atoms with Crippen molar-refractivity contribution in [2.75, 3.05) is 0 Å². The van der Waals surface area contributed by atoms with Crippen LogP contribution >= 0.6 is 28.1 Å². The molecule has 0 fully saturated rings. The van der Waals surface area contributed by atoms with Gasteiger partial charge in [0.05, 0.1) is 9.99 Å². The van der Waals surface area contributed by atoms with Gasteiger partial charge in [-0.3, -0.25) is 4.79 Å². The first kappa shape index (κ1) is 9.95. The zero-order chi connectivity index (χ0) is 8.15. The number of amides is 1. The first-order valence-corrected chi connectivity index (χ1v) is 4.17. The first-order valence-electron chi connectivity index (χ1n) is 2.85. The average molecular weight is 222 g/mol. The van der Waals surface area contributed by atoms with E-state index in [4.69, 9.17) is 0 Å². The number of rotatable bonds is 2. The number of aliphatic imine (C=N–C) groups is 1. The Morgan fingerprint density at radius 2 is 2.20 bits per heavy atom. The molecule has 0 saturated carbocycles. The summed E-state index contributed by atoms with van der Waals surface area (Å²) in [7, 11) is 0. The highest BCUT2D eigenvalue weighted by Crippen LogP contribution is 2.12. The van der Waals surface area contributed by atoms with Crippen LogP contribution in [0.15, 0.2) is 4.99 Å². The standard InChI is InChI=1S/C6H8BrNOS/c1-4(2)5(7)6(9)8-3-10/h4-5H,1-2H3. The summed E-state index contributed by atoms with van der Waals surface area (Å²) in [4.78, 5) is 13.9. The molecule has 1 unspecified atom stereocenters. The fourth-order valence-electron chi connectivity index (χ4n) is 0.392. The van der Waals surface area contributed by atoms with Crippen LogP contribution in [0.3, 0.4) is 0 Å². The van der Waals surface area contributed by atoms with E-state index in [-0.39, 0.29) is 16.7 Å². The van der Waals surface area contributed by atoms with E-state index < -0.39 is 0 Å². The van der Waals surface area contributed by atoms with Gasteiger partial charge in [-0.1, -0.05) is 29.8 Å². The van der Waals surface area contributed by atoms with Crippen molar-refractivity contribution in [2.45, 2.75) is 18.7 Å². The van der Waals surface area contributed by atoms with Crippen LogP contribution in [0.4, 0.5) is 0 Å². The van der Waals surface area contributed by atoms with Crippen LogP contribution in [0.2, 0.25) is 0 Å². The molecule has 0 aromatic carbocycles. The molecule has 0 radical (unpaired) electrons. The molecule has 0 aromatic rings. The molecule has 0 spiro atoms. The second kappa shape index (κ2) is 4.72. The van der Waals surface area contributed by atoms with Crippen LogP contribution < -0.4 is 0 Å². The Morgan fingerprint density at radius 1 is 1.70 bits per heavy atom. The van der Waals surface area contributed by atoms with Crippen LogP contribution in [0, 0.1) is 5.92 Å². The van der Waals surface area contributed by atoms with Gasteiger partial charge in [0, 0.05) is 0 Å². The first-order chi connectivity index (χ1) is 4.59. The summed E-state index contributed by atoms with van der Waals surface area (Å²) in [5.74, 6) is -0.0235. The van der Waals surface area contributed by atoms with Gasteiger partial charge in [0.1, 0.15) is 0 Å². The Morgan fingerprint density at radius 3 is 2.50 bits per heavy atom. The highest BCUT2D eigenvalue weighted by atomic mass is 79.9. The lowest BCUT2D eigenvalue weighted by atomic mass is 10.1. The SMILES string of the molecule is CC(C)C(Br)C(=O)N=C=S. The van der Waals surface area contributed by atoms with Crippen LogP contribution in [0.25, 0.3) is 0 Å². The molecule has 0 bridgehead atoms. The van der Waals surface area contributed by atoms with E-state index in [2.05, 4.69) is 33.1 Å². The maximum Gasteiger partial charge on any atom is 0.268 e. The monoisotopic (exact) mass is 221 g/mol. The molecular weight excluding hydrogens is 214 g/mol. The number of hydrogen-bond acceptors (Lipinski definition) is 2. The van der Waals surface area contributed by atoms with Crippen molar-refractivity contribution < 1.29 is 4.79 Å². The minimum Gasteiger partial charge on any atom is -0.271 e. The van der Waals surface area contributed by atoms with Gasteiger partial charge < -0.3 is 0 Å². The lowest BCUT2D eigenvalue weighted by Crippen LogP contribution is -2.17. The Hall–Kier alpha value is -0.0500. The second-order valence-electron chi connectivity index (χ2n) is 2.19. The number of hydrogen-bond donors (Lipinski definition) is 0. The fraction of sp³-hybridized carbons (Fsp3) is 0.667. The number of alkyl halides is 1. The second-order valence-corrected chi connectivity index (χ2v) is 3.36. The topological polar surface area (TPSA) is 29.4 Å². The molecule has 10 heavy (non-hydrogen) atoms. The molecule has 0 aliphatic rings. The minimum absolute atomic E-state index is 0.233. The summed E-state index contributed by atoms with van der Waals surface area (Å²) in [6.45, 7) is 3.85. The molecule has 4 heteroatoms. The summed E-state index contributed by atoms with van der Waals surface area (Å²) in [6.07, 6.45) is 0. The van der Waals surface area contributed by atoms with Gasteiger partial charge in [-0.25, -0.2) is 0 Å². The van der Waals surface area contributed by atoms with Crippen LogP contribution in [0.1, 0.15) is 13.8 Å². The average Bonchev–Trinajstić information content (AvgIpc) is 1.87. The molecule has 2 nitrogen and oxygen atoms in total. The third kappa shape index (κ3) is 3.20. The van der Waals surface area contributed by atoms with E-state index >= 15 is 0 Å². The van der Waals surface area contributed by atoms with Gasteiger partial charge in [-0.2, -0.15) is 4.99 Å². The Bertz CT molecular complexity index is 175. The zero-order valence-corrected chi connectivity index (χ0v) is 8.20. The Balaban J connectivity index is 4.07. The van der Waals surface area contributed by atoms with Gasteiger partial charge in [-0.05, 0) is 18.1 Å². The number of carbonyl (C=O) groups is 1. The third-order valence-corrected chi connectivity index (χ3v) is 2.52. The summed E-state index contributed by atoms with van der Waals surface area (Å²) in [5, 5.41) is 2.03. The molecule has 1 atom stereocenters. The number of thiocarbonyl (C=S) groups is 1. The van der Waals surface area contributed by atoms with Gasteiger partial charge in [0.15, 0.2) is 0 Å². The van der Waals surface area contributed by atoms with Crippen molar-refractivity contribution in [1.82, 2.24) is 0 Å². The van der Waals surface area contributed by atoms with E-state index in [0.29, 0.717) is 0 Å². The molecule has 0 saturated heterocycles. The largest absolute Gasteiger partial charge is 0.271 e. The van der Waals surface area contributed by atoms with Gasteiger partial charge >= 0.3 is 0 Å². The maximum atomic E-state index is 10.8. The molecule has 0 aliphatic heterocycles. The van der Waals surface area contributed by atoms with Crippen LogP contribution in [0.5, 0.6) is 0 Å². The van der Waals surface area contributed by atoms with Crippen molar-refractivity contribution in [2.24, 2.45) is 10.9 Å². The summed E-state index contributed by atoms with van der Waals surface area (Å²) in [6, 6.07) is 0. The van der Waals surface area contributed by atoms with E-state index in [9.17, 15) is 4.79 Å². The Kier molecular flexibility index (Phi) is 4.69. The minimum atomic E-state index is -0.259. The van der Waals surface area contributed by atoms with E-state index in [1.807, 2.05) is 19.0 Å². The van der Waals surface area contributed by atoms with Crippen LogP contribution in [-0.2, 0) is 4.79 Å². The van der Waals surface area contributed by atoms with E-state index in [1.165, 1.54) is 0 Å². The fourth-order valence-corrected chi connectivity index (χ4v) is 0.584. The molecule has 56 valence electrons. The number of isothiocyanates is 1. The number of carbonyl (C=O) groups excluding carboxylic acids is 1. The molecule has 0 heterocycles. The van der Waals surface area contributed by atoms with Crippen molar-refractivity contribution in [3.05, 3.63) is 0 Å². The third-order valence-electron chi connectivity index (χ3n) is 0.977. The normalized spacial score (nSPS) is 12.4. The van der Waals surface area contributed by atoms with Crippen molar-refractivity contribution in [3.63, 3.8) is 0 Å². The quantitative estimate of drug-likeness (QED) is 0.406. The summed E-state index contributed by atoms with van der Waals surface area (Å²) >= 11 is 7.45. The lowest BCUT2D eigenvalue weighted by Gasteiger charge is -2.06. The predicted molar refractivity (Wildman–Crippen MR) is 47.6 cm³/mol. The van der Waals surface area contributed by atoms with Crippen LogP contribution in [-0.4, -0.2) is 15.9 Å².